The molecular formula is C22H26F3IN4O. The van der Waals surface area contributed by atoms with Crippen molar-refractivity contribution in [2.45, 2.75) is 38.5 Å². The predicted molar refractivity (Wildman–Crippen MR) is 126 cm³/mol. The number of hydrogen-bond acceptors (Lipinski definition) is 2. The third-order valence-electron chi connectivity index (χ3n) is 5.07. The topological polar surface area (TPSA) is 65.5 Å². The van der Waals surface area contributed by atoms with Gasteiger partial charge in [0.15, 0.2) is 5.96 Å². The normalized spacial score (nSPS) is 14.3. The molecule has 0 spiro atoms. The minimum absolute atomic E-state index is 0. The first-order chi connectivity index (χ1) is 14.3. The Morgan fingerprint density at radius 3 is 2.19 bits per heavy atom. The van der Waals surface area contributed by atoms with Crippen LogP contribution in [0.25, 0.3) is 0 Å². The molecule has 168 valence electrons. The summed E-state index contributed by atoms with van der Waals surface area (Å²) in [7, 11) is 1.59. The van der Waals surface area contributed by atoms with Crippen LogP contribution in [0.15, 0.2) is 53.5 Å². The molecule has 0 saturated heterocycles. The van der Waals surface area contributed by atoms with Crippen molar-refractivity contribution in [3.05, 3.63) is 65.2 Å². The van der Waals surface area contributed by atoms with Crippen molar-refractivity contribution < 1.29 is 18.0 Å². The third-order valence-corrected chi connectivity index (χ3v) is 5.07. The van der Waals surface area contributed by atoms with Crippen LogP contribution in [0.3, 0.4) is 0 Å². The maximum Gasteiger partial charge on any atom is 0.416 e. The number of halogens is 4. The molecule has 1 aliphatic carbocycles. The molecule has 5 nitrogen and oxygen atoms in total. The number of aliphatic imine (C=N–C) groups is 1. The summed E-state index contributed by atoms with van der Waals surface area (Å²) in [6, 6.07) is 12.7. The number of anilines is 1. The van der Waals surface area contributed by atoms with E-state index in [1.165, 1.54) is 6.07 Å². The summed E-state index contributed by atoms with van der Waals surface area (Å²) >= 11 is 0. The fourth-order valence-corrected chi connectivity index (χ4v) is 3.12. The Bertz CT molecular complexity index is 914. The molecule has 31 heavy (non-hydrogen) atoms. The Labute approximate surface area is 196 Å². The zero-order valence-corrected chi connectivity index (χ0v) is 19.5. The Kier molecular flexibility index (Phi) is 9.15. The number of guanidine groups is 1. The molecule has 3 rings (SSSR count). The number of carbonyl (C=O) groups excluding carboxylic acids is 1. The molecule has 0 radical (unpaired) electrons. The predicted octanol–water partition coefficient (Wildman–Crippen LogP) is 4.93. The number of nitrogens with zero attached hydrogens (tertiary/aromatic N) is 1. The zero-order chi connectivity index (χ0) is 21.6. The van der Waals surface area contributed by atoms with E-state index in [0.29, 0.717) is 18.1 Å². The number of rotatable bonds is 6. The number of nitrogens with one attached hydrogen (secondary N) is 3. The van der Waals surface area contributed by atoms with Gasteiger partial charge in [0.1, 0.15) is 0 Å². The van der Waals surface area contributed by atoms with Gasteiger partial charge in [0, 0.05) is 31.7 Å². The minimum Gasteiger partial charge on any atom is -0.352 e. The van der Waals surface area contributed by atoms with Crippen LogP contribution in [0, 0.1) is 5.92 Å². The van der Waals surface area contributed by atoms with E-state index in [0.717, 1.165) is 42.6 Å². The van der Waals surface area contributed by atoms with Gasteiger partial charge in [-0.25, -0.2) is 0 Å². The summed E-state index contributed by atoms with van der Waals surface area (Å²) in [4.78, 5) is 16.2. The van der Waals surface area contributed by atoms with Gasteiger partial charge in [-0.05, 0) is 48.2 Å². The molecule has 1 fully saturated rings. The van der Waals surface area contributed by atoms with Crippen molar-refractivity contribution in [1.82, 2.24) is 10.6 Å². The number of amides is 1. The monoisotopic (exact) mass is 546 g/mol. The van der Waals surface area contributed by atoms with Gasteiger partial charge in [-0.1, -0.05) is 30.7 Å². The maximum absolute atomic E-state index is 12.8. The summed E-state index contributed by atoms with van der Waals surface area (Å²) < 4.78 is 38.5. The summed E-state index contributed by atoms with van der Waals surface area (Å²) in [5, 5.41) is 9.09. The van der Waals surface area contributed by atoms with E-state index in [9.17, 15) is 18.0 Å². The van der Waals surface area contributed by atoms with Crippen LogP contribution in [0.2, 0.25) is 0 Å². The van der Waals surface area contributed by atoms with Crippen molar-refractivity contribution in [2.75, 3.05) is 12.4 Å². The van der Waals surface area contributed by atoms with Gasteiger partial charge in [-0.3, -0.25) is 9.79 Å². The molecule has 0 aromatic heterocycles. The number of carbonyl (C=O) groups is 1. The molecule has 2 aromatic rings. The molecule has 0 unspecified atom stereocenters. The molecule has 9 heteroatoms. The lowest BCUT2D eigenvalue weighted by Gasteiger charge is -2.24. The Balaban J connectivity index is 0.00000341. The molecule has 0 atom stereocenters. The molecule has 1 saturated carbocycles. The highest BCUT2D eigenvalue weighted by atomic mass is 127. The van der Waals surface area contributed by atoms with E-state index in [-0.39, 0.29) is 42.3 Å². The fourth-order valence-electron chi connectivity index (χ4n) is 3.12. The second-order valence-electron chi connectivity index (χ2n) is 7.29. The van der Waals surface area contributed by atoms with Gasteiger partial charge in [0.05, 0.1) is 5.56 Å². The molecule has 0 aliphatic heterocycles. The Morgan fingerprint density at radius 1 is 1.03 bits per heavy atom. The number of hydrogen-bond donors (Lipinski definition) is 3. The van der Waals surface area contributed by atoms with Crippen LogP contribution in [-0.2, 0) is 24.1 Å². The van der Waals surface area contributed by atoms with E-state index >= 15 is 0 Å². The molecular weight excluding hydrogens is 520 g/mol. The second-order valence-corrected chi connectivity index (χ2v) is 7.29. The van der Waals surface area contributed by atoms with Crippen LogP contribution in [0.4, 0.5) is 18.9 Å². The average Bonchev–Trinajstić information content (AvgIpc) is 2.66. The van der Waals surface area contributed by atoms with Crippen molar-refractivity contribution in [3.8, 4) is 0 Å². The van der Waals surface area contributed by atoms with Crippen LogP contribution >= 0.6 is 24.0 Å². The second kappa shape index (κ2) is 11.4. The zero-order valence-electron chi connectivity index (χ0n) is 17.1. The highest BCUT2D eigenvalue weighted by Gasteiger charge is 2.30. The summed E-state index contributed by atoms with van der Waals surface area (Å²) in [5.74, 6) is 0.645. The van der Waals surface area contributed by atoms with Gasteiger partial charge in [0.2, 0.25) is 5.91 Å². The largest absolute Gasteiger partial charge is 0.416 e. The molecule has 0 bridgehead atoms. The van der Waals surface area contributed by atoms with Crippen LogP contribution in [0.1, 0.15) is 36.0 Å². The van der Waals surface area contributed by atoms with Gasteiger partial charge in [0.25, 0.3) is 0 Å². The first kappa shape index (κ1) is 25.0. The first-order valence-electron chi connectivity index (χ1n) is 9.85. The third kappa shape index (κ3) is 7.41. The summed E-state index contributed by atoms with van der Waals surface area (Å²) in [6.07, 6.45) is -1.37. The highest BCUT2D eigenvalue weighted by molar-refractivity contribution is 14.0. The van der Waals surface area contributed by atoms with Crippen molar-refractivity contribution in [2.24, 2.45) is 10.9 Å². The fraction of sp³-hybridized carbons (Fsp3) is 0.364. The highest BCUT2D eigenvalue weighted by Crippen LogP contribution is 2.29. The smallest absolute Gasteiger partial charge is 0.352 e. The molecule has 2 aromatic carbocycles. The van der Waals surface area contributed by atoms with Crippen LogP contribution < -0.4 is 16.0 Å². The quantitative estimate of drug-likeness (QED) is 0.274. The Hall–Kier alpha value is -2.30. The molecule has 0 heterocycles. The standard InChI is InChI=1S/C22H25F3N4O.HI/c1-26-21(27-13-15-5-2-9-18(11-15)22(23,24)25)28-14-16-6-3-10-19(12-16)29-20(30)17-7-4-8-17;/h2-3,5-6,9-12,17H,4,7-8,13-14H2,1H3,(H,29,30)(H2,26,27,28);1H. The molecule has 3 N–H and O–H groups in total. The lowest BCUT2D eigenvalue weighted by Crippen LogP contribution is -2.36. The van der Waals surface area contributed by atoms with E-state index < -0.39 is 11.7 Å². The minimum atomic E-state index is -4.37. The first-order valence-corrected chi connectivity index (χ1v) is 9.85. The lowest BCUT2D eigenvalue weighted by atomic mass is 9.85. The average molecular weight is 546 g/mol. The molecule has 1 aliphatic rings. The molecule has 1 amide bonds. The van der Waals surface area contributed by atoms with Gasteiger partial charge >= 0.3 is 6.18 Å². The van der Waals surface area contributed by atoms with Gasteiger partial charge in [-0.2, -0.15) is 13.2 Å². The van der Waals surface area contributed by atoms with Crippen LogP contribution in [0.5, 0.6) is 0 Å². The SMILES string of the molecule is CN=C(NCc1cccc(NC(=O)C2CCC2)c1)NCc1cccc(C(F)(F)F)c1.I. The van der Waals surface area contributed by atoms with Crippen LogP contribution in [-0.4, -0.2) is 18.9 Å². The summed E-state index contributed by atoms with van der Waals surface area (Å²) in [5.41, 5.74) is 1.53. The van der Waals surface area contributed by atoms with Gasteiger partial charge in [-0.15, -0.1) is 24.0 Å². The lowest BCUT2D eigenvalue weighted by molar-refractivity contribution is -0.137. The van der Waals surface area contributed by atoms with Gasteiger partial charge < -0.3 is 16.0 Å². The number of benzene rings is 2. The van der Waals surface area contributed by atoms with E-state index in [2.05, 4.69) is 20.9 Å². The van der Waals surface area contributed by atoms with Crippen molar-refractivity contribution in [1.29, 1.82) is 0 Å². The van der Waals surface area contributed by atoms with E-state index in [4.69, 9.17) is 0 Å². The van der Waals surface area contributed by atoms with E-state index in [1.54, 1.807) is 13.1 Å². The van der Waals surface area contributed by atoms with Crippen molar-refractivity contribution >= 4 is 41.5 Å². The summed E-state index contributed by atoms with van der Waals surface area (Å²) in [6.45, 7) is 0.663. The number of alkyl halides is 3. The van der Waals surface area contributed by atoms with E-state index in [1.807, 2.05) is 24.3 Å². The maximum atomic E-state index is 12.8. The van der Waals surface area contributed by atoms with Crippen molar-refractivity contribution in [3.63, 3.8) is 0 Å². The Morgan fingerprint density at radius 2 is 1.65 bits per heavy atom.